The van der Waals surface area contributed by atoms with Gasteiger partial charge < -0.3 is 14.6 Å². The maximum absolute atomic E-state index is 11.8. The zero-order chi connectivity index (χ0) is 17.6. The van der Waals surface area contributed by atoms with Crippen LogP contribution in [0.5, 0.6) is 0 Å². The summed E-state index contributed by atoms with van der Waals surface area (Å²) in [6.07, 6.45) is 4.70. The standard InChI is InChI=1S/C15H18N6O4/c1-2-24-13(23)6-18-12(22)9-21-7-10(8-21)15-19-14(20-25-15)11-5-16-3-4-17-11/h3-5,10H,2,6-9H2,1H3,(H,18,22). The monoisotopic (exact) mass is 346 g/mol. The summed E-state index contributed by atoms with van der Waals surface area (Å²) in [5, 5.41) is 6.43. The Bertz CT molecular complexity index is 729. The second kappa shape index (κ2) is 7.79. The minimum atomic E-state index is -0.445. The third-order valence-electron chi connectivity index (χ3n) is 3.64. The van der Waals surface area contributed by atoms with Crippen molar-refractivity contribution in [2.75, 3.05) is 32.8 Å². The van der Waals surface area contributed by atoms with Crippen molar-refractivity contribution in [3.63, 3.8) is 0 Å². The Kier molecular flexibility index (Phi) is 5.29. The minimum Gasteiger partial charge on any atom is -0.465 e. The first-order valence-electron chi connectivity index (χ1n) is 7.90. The number of nitrogens with zero attached hydrogens (tertiary/aromatic N) is 5. The van der Waals surface area contributed by atoms with E-state index >= 15 is 0 Å². The summed E-state index contributed by atoms with van der Waals surface area (Å²) in [6.45, 7) is 3.37. The number of hydrogen-bond acceptors (Lipinski definition) is 9. The van der Waals surface area contributed by atoms with Crippen LogP contribution in [-0.2, 0) is 14.3 Å². The SMILES string of the molecule is CCOC(=O)CNC(=O)CN1CC(c2nc(-c3cnccn3)no2)C1. The molecule has 1 aliphatic heterocycles. The lowest BCUT2D eigenvalue weighted by Gasteiger charge is -2.36. The van der Waals surface area contributed by atoms with E-state index in [1.807, 2.05) is 4.90 Å². The maximum Gasteiger partial charge on any atom is 0.325 e. The van der Waals surface area contributed by atoms with E-state index in [-0.39, 0.29) is 24.9 Å². The normalized spacial score (nSPS) is 14.8. The van der Waals surface area contributed by atoms with E-state index in [1.165, 1.54) is 0 Å². The number of amides is 1. The second-order valence-electron chi connectivity index (χ2n) is 5.52. The van der Waals surface area contributed by atoms with Gasteiger partial charge in [-0.1, -0.05) is 5.16 Å². The Morgan fingerprint density at radius 3 is 2.96 bits per heavy atom. The van der Waals surface area contributed by atoms with Crippen LogP contribution >= 0.6 is 0 Å². The molecule has 3 rings (SSSR count). The molecule has 0 aliphatic carbocycles. The van der Waals surface area contributed by atoms with Crippen molar-refractivity contribution in [2.24, 2.45) is 0 Å². The fourth-order valence-corrected chi connectivity index (χ4v) is 2.42. The molecule has 1 saturated heterocycles. The van der Waals surface area contributed by atoms with Gasteiger partial charge in [0, 0.05) is 25.5 Å². The van der Waals surface area contributed by atoms with E-state index < -0.39 is 5.97 Å². The van der Waals surface area contributed by atoms with Gasteiger partial charge in [-0.15, -0.1) is 0 Å². The number of hydrogen-bond donors (Lipinski definition) is 1. The highest BCUT2D eigenvalue weighted by Gasteiger charge is 2.33. The van der Waals surface area contributed by atoms with E-state index in [9.17, 15) is 9.59 Å². The fraction of sp³-hybridized carbons (Fsp3) is 0.467. The van der Waals surface area contributed by atoms with Crippen LogP contribution in [0.4, 0.5) is 0 Å². The van der Waals surface area contributed by atoms with E-state index in [4.69, 9.17) is 9.26 Å². The van der Waals surface area contributed by atoms with Crippen LogP contribution in [0.25, 0.3) is 11.5 Å². The van der Waals surface area contributed by atoms with Crippen LogP contribution in [0.15, 0.2) is 23.1 Å². The molecule has 3 heterocycles. The zero-order valence-electron chi connectivity index (χ0n) is 13.7. The average molecular weight is 346 g/mol. The number of carbonyl (C=O) groups is 2. The van der Waals surface area contributed by atoms with Crippen LogP contribution in [0.3, 0.4) is 0 Å². The third kappa shape index (κ3) is 4.35. The van der Waals surface area contributed by atoms with Crippen molar-refractivity contribution in [1.29, 1.82) is 0 Å². The molecular weight excluding hydrogens is 328 g/mol. The predicted octanol–water partition coefficient (Wildman–Crippen LogP) is -0.395. The van der Waals surface area contributed by atoms with Gasteiger partial charge in [0.05, 0.1) is 25.3 Å². The van der Waals surface area contributed by atoms with Gasteiger partial charge in [0.2, 0.25) is 17.6 Å². The van der Waals surface area contributed by atoms with Gasteiger partial charge in [-0.05, 0) is 6.92 Å². The lowest BCUT2D eigenvalue weighted by atomic mass is 10.0. The van der Waals surface area contributed by atoms with Crippen molar-refractivity contribution < 1.29 is 18.8 Å². The zero-order valence-corrected chi connectivity index (χ0v) is 13.7. The molecule has 10 heteroatoms. The molecule has 1 N–H and O–H groups in total. The Morgan fingerprint density at radius 1 is 1.40 bits per heavy atom. The highest BCUT2D eigenvalue weighted by atomic mass is 16.5. The first-order valence-corrected chi connectivity index (χ1v) is 7.90. The summed E-state index contributed by atoms with van der Waals surface area (Å²) in [5.41, 5.74) is 0.548. The average Bonchev–Trinajstić information content (AvgIpc) is 3.06. The molecule has 0 bridgehead atoms. The first-order chi connectivity index (χ1) is 12.2. The van der Waals surface area contributed by atoms with Crippen LogP contribution in [-0.4, -0.2) is 69.7 Å². The molecule has 0 aromatic carbocycles. The lowest BCUT2D eigenvalue weighted by Crippen LogP contribution is -2.50. The molecule has 0 unspecified atom stereocenters. The maximum atomic E-state index is 11.8. The summed E-state index contributed by atoms with van der Waals surface area (Å²) < 4.78 is 10.0. The van der Waals surface area contributed by atoms with Gasteiger partial charge in [0.25, 0.3) is 0 Å². The smallest absolute Gasteiger partial charge is 0.325 e. The molecule has 2 aromatic rings. The van der Waals surface area contributed by atoms with E-state index in [0.29, 0.717) is 37.1 Å². The van der Waals surface area contributed by atoms with Crippen LogP contribution < -0.4 is 5.32 Å². The summed E-state index contributed by atoms with van der Waals surface area (Å²) in [4.78, 5) is 37.3. The Labute approximate surface area is 143 Å². The van der Waals surface area contributed by atoms with Gasteiger partial charge in [-0.3, -0.25) is 19.5 Å². The van der Waals surface area contributed by atoms with Crippen molar-refractivity contribution in [1.82, 2.24) is 30.3 Å². The largest absolute Gasteiger partial charge is 0.465 e. The number of ether oxygens (including phenoxy) is 1. The van der Waals surface area contributed by atoms with Crippen LogP contribution in [0.1, 0.15) is 18.7 Å². The predicted molar refractivity (Wildman–Crippen MR) is 84.1 cm³/mol. The first kappa shape index (κ1) is 17.0. The number of nitrogens with one attached hydrogen (secondary N) is 1. The van der Waals surface area contributed by atoms with Gasteiger partial charge in [-0.2, -0.15) is 4.98 Å². The summed E-state index contributed by atoms with van der Waals surface area (Å²) in [6, 6.07) is 0. The van der Waals surface area contributed by atoms with Gasteiger partial charge >= 0.3 is 5.97 Å². The van der Waals surface area contributed by atoms with E-state index in [0.717, 1.165) is 0 Å². The Balaban J connectivity index is 1.43. The van der Waals surface area contributed by atoms with Crippen molar-refractivity contribution in [3.8, 4) is 11.5 Å². The molecule has 0 radical (unpaired) electrons. The van der Waals surface area contributed by atoms with Crippen molar-refractivity contribution >= 4 is 11.9 Å². The molecule has 0 spiro atoms. The fourth-order valence-electron chi connectivity index (χ4n) is 2.42. The molecule has 0 saturated carbocycles. The van der Waals surface area contributed by atoms with Crippen LogP contribution in [0.2, 0.25) is 0 Å². The molecule has 10 nitrogen and oxygen atoms in total. The molecule has 1 amide bonds. The minimum absolute atomic E-state index is 0.0794. The van der Waals surface area contributed by atoms with E-state index in [2.05, 4.69) is 25.4 Å². The molecule has 0 atom stereocenters. The lowest BCUT2D eigenvalue weighted by molar-refractivity contribution is -0.143. The van der Waals surface area contributed by atoms with Gasteiger partial charge in [-0.25, -0.2) is 4.98 Å². The molecule has 1 fully saturated rings. The number of rotatable bonds is 7. The summed E-state index contributed by atoms with van der Waals surface area (Å²) in [5.74, 6) is 0.324. The van der Waals surface area contributed by atoms with Gasteiger partial charge in [0.15, 0.2) is 0 Å². The second-order valence-corrected chi connectivity index (χ2v) is 5.52. The third-order valence-corrected chi connectivity index (χ3v) is 3.64. The number of likely N-dealkylation sites (tertiary alicyclic amines) is 1. The number of esters is 1. The van der Waals surface area contributed by atoms with E-state index in [1.54, 1.807) is 25.5 Å². The number of aromatic nitrogens is 4. The summed E-state index contributed by atoms with van der Waals surface area (Å²) in [7, 11) is 0. The number of carbonyl (C=O) groups excluding carboxylic acids is 2. The molecular formula is C15H18N6O4. The highest BCUT2D eigenvalue weighted by molar-refractivity contribution is 5.83. The quantitative estimate of drug-likeness (QED) is 0.667. The molecule has 1 aliphatic rings. The molecule has 25 heavy (non-hydrogen) atoms. The highest BCUT2D eigenvalue weighted by Crippen LogP contribution is 2.26. The topological polar surface area (TPSA) is 123 Å². The van der Waals surface area contributed by atoms with Crippen molar-refractivity contribution in [2.45, 2.75) is 12.8 Å². The van der Waals surface area contributed by atoms with Gasteiger partial charge in [0.1, 0.15) is 12.2 Å². The summed E-state index contributed by atoms with van der Waals surface area (Å²) >= 11 is 0. The Hall–Kier alpha value is -2.88. The Morgan fingerprint density at radius 2 is 2.24 bits per heavy atom. The molecule has 132 valence electrons. The van der Waals surface area contributed by atoms with Crippen LogP contribution in [0, 0.1) is 0 Å². The van der Waals surface area contributed by atoms with Crippen molar-refractivity contribution in [3.05, 3.63) is 24.5 Å². The molecule has 2 aromatic heterocycles.